The lowest BCUT2D eigenvalue weighted by Gasteiger charge is -2.21. The lowest BCUT2D eigenvalue weighted by Crippen LogP contribution is -2.24. The normalized spacial score (nSPS) is 17.7. The first kappa shape index (κ1) is 13.1. The van der Waals surface area contributed by atoms with E-state index >= 15 is 0 Å². The van der Waals surface area contributed by atoms with Crippen molar-refractivity contribution in [1.29, 1.82) is 0 Å². The van der Waals surface area contributed by atoms with Crippen LogP contribution >= 0.6 is 11.6 Å². The van der Waals surface area contributed by atoms with Gasteiger partial charge in [0.15, 0.2) is 0 Å². The van der Waals surface area contributed by atoms with Crippen LogP contribution < -0.4 is 5.32 Å². The molecule has 1 atom stereocenters. The molecule has 1 fully saturated rings. The lowest BCUT2D eigenvalue weighted by atomic mass is 9.99. The highest BCUT2D eigenvalue weighted by molar-refractivity contribution is 6.30. The van der Waals surface area contributed by atoms with Gasteiger partial charge in [-0.15, -0.1) is 0 Å². The molecule has 0 saturated heterocycles. The summed E-state index contributed by atoms with van der Waals surface area (Å²) in [4.78, 5) is 10.6. The second-order valence-electron chi connectivity index (χ2n) is 4.90. The van der Waals surface area contributed by atoms with Gasteiger partial charge >= 0.3 is 0 Å². The summed E-state index contributed by atoms with van der Waals surface area (Å²) in [5.41, 5.74) is 0.608. The number of nitro benzene ring substituents is 1. The highest BCUT2D eigenvalue weighted by Crippen LogP contribution is 2.32. The van der Waals surface area contributed by atoms with Crippen molar-refractivity contribution < 1.29 is 4.92 Å². The van der Waals surface area contributed by atoms with Crippen LogP contribution in [0.2, 0.25) is 5.02 Å². The molecule has 1 saturated carbocycles. The Kier molecular flexibility index (Phi) is 4.07. The van der Waals surface area contributed by atoms with Gasteiger partial charge in [-0.3, -0.25) is 10.1 Å². The maximum atomic E-state index is 11.0. The fourth-order valence-electron chi connectivity index (χ4n) is 2.60. The van der Waals surface area contributed by atoms with Gasteiger partial charge in [0.1, 0.15) is 5.69 Å². The van der Waals surface area contributed by atoms with Gasteiger partial charge in [0.05, 0.1) is 4.92 Å². The topological polar surface area (TPSA) is 55.2 Å². The van der Waals surface area contributed by atoms with Gasteiger partial charge in [-0.05, 0) is 37.8 Å². The zero-order valence-electron chi connectivity index (χ0n) is 10.4. The largest absolute Gasteiger partial charge is 0.377 e. The van der Waals surface area contributed by atoms with Crippen LogP contribution in [0.4, 0.5) is 11.4 Å². The number of anilines is 1. The molecule has 0 heterocycles. The van der Waals surface area contributed by atoms with E-state index in [0.29, 0.717) is 16.6 Å². The van der Waals surface area contributed by atoms with Crippen LogP contribution in [0.3, 0.4) is 0 Å². The number of benzene rings is 1. The smallest absolute Gasteiger partial charge is 0.293 e. The summed E-state index contributed by atoms with van der Waals surface area (Å²) < 4.78 is 0. The molecule has 1 aliphatic carbocycles. The molecule has 4 nitrogen and oxygen atoms in total. The molecule has 0 amide bonds. The van der Waals surface area contributed by atoms with Crippen molar-refractivity contribution in [1.82, 2.24) is 0 Å². The molecule has 0 radical (unpaired) electrons. The second kappa shape index (κ2) is 5.57. The average Bonchev–Trinajstić information content (AvgIpc) is 2.84. The maximum absolute atomic E-state index is 11.0. The SMILES string of the molecule is CC(Nc1ccc(Cl)cc1[N+](=O)[O-])C1CCCC1. The van der Waals surface area contributed by atoms with Crippen LogP contribution in [0, 0.1) is 16.0 Å². The molecule has 1 N–H and O–H groups in total. The molecule has 18 heavy (non-hydrogen) atoms. The van der Waals surface area contributed by atoms with Crippen molar-refractivity contribution in [2.75, 3.05) is 5.32 Å². The molecule has 1 aliphatic rings. The number of rotatable bonds is 4. The van der Waals surface area contributed by atoms with Gasteiger partial charge in [-0.1, -0.05) is 24.4 Å². The molecule has 0 bridgehead atoms. The summed E-state index contributed by atoms with van der Waals surface area (Å²) >= 11 is 5.79. The van der Waals surface area contributed by atoms with E-state index in [-0.39, 0.29) is 11.7 Å². The van der Waals surface area contributed by atoms with E-state index in [2.05, 4.69) is 12.2 Å². The third-order valence-electron chi connectivity index (χ3n) is 3.65. The zero-order chi connectivity index (χ0) is 13.1. The Bertz CT molecular complexity index is 445. The van der Waals surface area contributed by atoms with E-state index in [1.165, 1.54) is 31.7 Å². The van der Waals surface area contributed by atoms with Crippen molar-refractivity contribution in [3.05, 3.63) is 33.3 Å². The van der Waals surface area contributed by atoms with Gasteiger partial charge in [0.2, 0.25) is 0 Å². The zero-order valence-corrected chi connectivity index (χ0v) is 11.1. The number of nitrogens with zero attached hydrogens (tertiary/aromatic N) is 1. The maximum Gasteiger partial charge on any atom is 0.293 e. The minimum absolute atomic E-state index is 0.0485. The van der Waals surface area contributed by atoms with E-state index in [0.717, 1.165) is 0 Å². The quantitative estimate of drug-likeness (QED) is 0.656. The third kappa shape index (κ3) is 2.93. The Morgan fingerprint density at radius 3 is 2.72 bits per heavy atom. The predicted molar refractivity (Wildman–Crippen MR) is 73.1 cm³/mol. The van der Waals surface area contributed by atoms with Crippen molar-refractivity contribution in [2.45, 2.75) is 38.6 Å². The predicted octanol–water partition coefficient (Wildman–Crippen LogP) is 4.24. The van der Waals surface area contributed by atoms with Crippen LogP contribution in [0.15, 0.2) is 18.2 Å². The fourth-order valence-corrected chi connectivity index (χ4v) is 2.76. The standard InChI is InChI=1S/C13H17ClN2O2/c1-9(10-4-2-3-5-10)15-12-7-6-11(14)8-13(12)16(17)18/h6-10,15H,2-5H2,1H3. The van der Waals surface area contributed by atoms with Gasteiger partial charge in [-0.2, -0.15) is 0 Å². The minimum Gasteiger partial charge on any atom is -0.377 e. The van der Waals surface area contributed by atoms with Gasteiger partial charge in [-0.25, -0.2) is 0 Å². The van der Waals surface area contributed by atoms with Gasteiger partial charge in [0.25, 0.3) is 5.69 Å². The summed E-state index contributed by atoms with van der Waals surface area (Å²) in [6.07, 6.45) is 4.93. The summed E-state index contributed by atoms with van der Waals surface area (Å²) in [6, 6.07) is 5.02. The molecule has 98 valence electrons. The van der Waals surface area contributed by atoms with Crippen LogP contribution in [-0.4, -0.2) is 11.0 Å². The van der Waals surface area contributed by atoms with Crippen molar-refractivity contribution in [3.8, 4) is 0 Å². The Hall–Kier alpha value is -1.29. The number of hydrogen-bond donors (Lipinski definition) is 1. The first-order valence-electron chi connectivity index (χ1n) is 6.28. The summed E-state index contributed by atoms with van der Waals surface area (Å²) in [6.45, 7) is 2.09. The molecular formula is C13H17ClN2O2. The van der Waals surface area contributed by atoms with E-state index in [1.54, 1.807) is 12.1 Å². The molecule has 1 aromatic carbocycles. The first-order chi connectivity index (χ1) is 8.58. The molecule has 0 aromatic heterocycles. The molecule has 2 rings (SSSR count). The summed E-state index contributed by atoms with van der Waals surface area (Å²) in [7, 11) is 0. The Labute approximate surface area is 111 Å². The van der Waals surface area contributed by atoms with Gasteiger partial charge in [0, 0.05) is 17.1 Å². The molecule has 5 heteroatoms. The van der Waals surface area contributed by atoms with Crippen molar-refractivity contribution in [2.24, 2.45) is 5.92 Å². The van der Waals surface area contributed by atoms with Gasteiger partial charge < -0.3 is 5.32 Å². The van der Waals surface area contributed by atoms with E-state index in [1.807, 2.05) is 0 Å². The van der Waals surface area contributed by atoms with Crippen molar-refractivity contribution in [3.63, 3.8) is 0 Å². The Morgan fingerprint density at radius 1 is 1.44 bits per heavy atom. The number of hydrogen-bond acceptors (Lipinski definition) is 3. The summed E-state index contributed by atoms with van der Waals surface area (Å²) in [5, 5.41) is 14.6. The fraction of sp³-hybridized carbons (Fsp3) is 0.538. The molecule has 0 spiro atoms. The van der Waals surface area contributed by atoms with Crippen LogP contribution in [0.1, 0.15) is 32.6 Å². The van der Waals surface area contributed by atoms with E-state index in [9.17, 15) is 10.1 Å². The Morgan fingerprint density at radius 2 is 2.11 bits per heavy atom. The lowest BCUT2D eigenvalue weighted by molar-refractivity contribution is -0.384. The van der Waals surface area contributed by atoms with Crippen LogP contribution in [0.25, 0.3) is 0 Å². The summed E-state index contributed by atoms with van der Waals surface area (Å²) in [5.74, 6) is 0.611. The molecular weight excluding hydrogens is 252 g/mol. The molecule has 1 unspecified atom stereocenters. The number of nitro groups is 1. The third-order valence-corrected chi connectivity index (χ3v) is 3.88. The second-order valence-corrected chi connectivity index (χ2v) is 5.33. The molecule has 1 aromatic rings. The van der Waals surface area contributed by atoms with Crippen LogP contribution in [-0.2, 0) is 0 Å². The highest BCUT2D eigenvalue weighted by Gasteiger charge is 2.23. The van der Waals surface area contributed by atoms with E-state index in [4.69, 9.17) is 11.6 Å². The first-order valence-corrected chi connectivity index (χ1v) is 6.66. The highest BCUT2D eigenvalue weighted by atomic mass is 35.5. The number of halogens is 1. The van der Waals surface area contributed by atoms with Crippen LogP contribution in [0.5, 0.6) is 0 Å². The van der Waals surface area contributed by atoms with Crippen molar-refractivity contribution >= 4 is 23.0 Å². The number of nitrogens with one attached hydrogen (secondary N) is 1. The Balaban J connectivity index is 2.15. The average molecular weight is 269 g/mol. The van der Waals surface area contributed by atoms with E-state index < -0.39 is 4.92 Å². The minimum atomic E-state index is -0.393. The monoisotopic (exact) mass is 268 g/mol. The molecule has 0 aliphatic heterocycles.